The second-order valence-corrected chi connectivity index (χ2v) is 5.53. The van der Waals surface area contributed by atoms with Gasteiger partial charge in [0, 0.05) is 12.8 Å². The molecule has 0 atom stereocenters. The Hall–Kier alpha value is -2.16. The van der Waals surface area contributed by atoms with Gasteiger partial charge in [-0.25, -0.2) is 9.59 Å². The maximum Gasteiger partial charge on any atom is 0.409 e. The van der Waals surface area contributed by atoms with E-state index in [0.29, 0.717) is 5.06 Å². The molecule has 1 aliphatic rings. The molecule has 1 rings (SSSR count). The van der Waals surface area contributed by atoms with E-state index in [1.54, 1.807) is 20.8 Å². The van der Waals surface area contributed by atoms with Crippen molar-refractivity contribution in [3.8, 4) is 0 Å². The SMILES string of the molecule is CC(C)(C)OC(=O)NCOCCC(=O)ON1C(=O)CCC1=O. The van der Waals surface area contributed by atoms with Crippen LogP contribution < -0.4 is 5.32 Å². The first-order valence-corrected chi connectivity index (χ1v) is 6.80. The molecule has 0 unspecified atom stereocenters. The highest BCUT2D eigenvalue weighted by atomic mass is 16.7. The summed E-state index contributed by atoms with van der Waals surface area (Å²) in [6.45, 7) is 5.01. The summed E-state index contributed by atoms with van der Waals surface area (Å²) in [5, 5.41) is 2.82. The molecule has 0 aromatic heterocycles. The van der Waals surface area contributed by atoms with Gasteiger partial charge in [-0.1, -0.05) is 0 Å². The van der Waals surface area contributed by atoms with E-state index in [9.17, 15) is 19.2 Å². The highest BCUT2D eigenvalue weighted by Gasteiger charge is 2.32. The number of carbonyl (C=O) groups is 4. The predicted octanol–water partition coefficient (Wildman–Crippen LogP) is 0.482. The van der Waals surface area contributed by atoms with Crippen molar-refractivity contribution in [2.24, 2.45) is 0 Å². The van der Waals surface area contributed by atoms with E-state index < -0.39 is 29.5 Å². The monoisotopic (exact) mass is 316 g/mol. The number of imide groups is 1. The van der Waals surface area contributed by atoms with Gasteiger partial charge in [0.1, 0.15) is 12.3 Å². The number of alkyl carbamates (subject to hydrolysis) is 1. The van der Waals surface area contributed by atoms with E-state index in [1.807, 2.05) is 0 Å². The van der Waals surface area contributed by atoms with Crippen LogP contribution in [0.5, 0.6) is 0 Å². The molecule has 1 saturated heterocycles. The fourth-order valence-corrected chi connectivity index (χ4v) is 1.46. The Kier molecular flexibility index (Phi) is 6.29. The molecule has 0 aromatic rings. The molecule has 0 aliphatic carbocycles. The molecule has 1 N–H and O–H groups in total. The zero-order valence-corrected chi connectivity index (χ0v) is 12.8. The average molecular weight is 316 g/mol. The molecule has 9 heteroatoms. The van der Waals surface area contributed by atoms with E-state index in [-0.39, 0.29) is 32.6 Å². The summed E-state index contributed by atoms with van der Waals surface area (Å²) in [6.07, 6.45) is -0.707. The third kappa shape index (κ3) is 6.53. The van der Waals surface area contributed by atoms with Gasteiger partial charge in [-0.15, -0.1) is 5.06 Å². The van der Waals surface area contributed by atoms with Gasteiger partial charge < -0.3 is 14.3 Å². The maximum absolute atomic E-state index is 11.4. The fourth-order valence-electron chi connectivity index (χ4n) is 1.46. The van der Waals surface area contributed by atoms with Crippen LogP contribution in [0.25, 0.3) is 0 Å². The Morgan fingerprint density at radius 2 is 1.77 bits per heavy atom. The van der Waals surface area contributed by atoms with Gasteiger partial charge in [-0.2, -0.15) is 0 Å². The van der Waals surface area contributed by atoms with E-state index in [4.69, 9.17) is 9.47 Å². The summed E-state index contributed by atoms with van der Waals surface area (Å²) in [4.78, 5) is 49.8. The minimum atomic E-state index is -0.763. The van der Waals surface area contributed by atoms with Crippen molar-refractivity contribution in [1.29, 1.82) is 0 Å². The van der Waals surface area contributed by atoms with Gasteiger partial charge >= 0.3 is 12.1 Å². The number of nitrogens with one attached hydrogen (secondary N) is 1. The topological polar surface area (TPSA) is 111 Å². The van der Waals surface area contributed by atoms with Crippen molar-refractivity contribution in [2.75, 3.05) is 13.3 Å². The van der Waals surface area contributed by atoms with Gasteiger partial charge in [-0.05, 0) is 20.8 Å². The first kappa shape index (κ1) is 17.9. The normalized spacial score (nSPS) is 15.0. The molecule has 1 aliphatic heterocycles. The smallest absolute Gasteiger partial charge is 0.409 e. The van der Waals surface area contributed by atoms with Gasteiger partial charge in [0.15, 0.2) is 0 Å². The van der Waals surface area contributed by atoms with Crippen LogP contribution in [0.1, 0.15) is 40.0 Å². The Bertz CT molecular complexity index is 440. The van der Waals surface area contributed by atoms with Crippen LogP contribution in [-0.2, 0) is 28.7 Å². The Labute approximate surface area is 127 Å². The lowest BCUT2D eigenvalue weighted by Crippen LogP contribution is -2.34. The Morgan fingerprint density at radius 3 is 2.32 bits per heavy atom. The third-order valence-corrected chi connectivity index (χ3v) is 2.37. The molecular weight excluding hydrogens is 296 g/mol. The Morgan fingerprint density at radius 1 is 1.18 bits per heavy atom. The average Bonchev–Trinajstić information content (AvgIpc) is 2.68. The summed E-state index contributed by atoms with van der Waals surface area (Å²) < 4.78 is 9.98. The number of hydroxylamine groups is 2. The zero-order valence-electron chi connectivity index (χ0n) is 12.8. The van der Waals surface area contributed by atoms with Crippen molar-refractivity contribution in [1.82, 2.24) is 10.4 Å². The molecule has 124 valence electrons. The van der Waals surface area contributed by atoms with Crippen molar-refractivity contribution in [3.05, 3.63) is 0 Å². The van der Waals surface area contributed by atoms with Crippen LogP contribution in [0.2, 0.25) is 0 Å². The highest BCUT2D eigenvalue weighted by Crippen LogP contribution is 2.12. The molecule has 22 heavy (non-hydrogen) atoms. The lowest BCUT2D eigenvalue weighted by molar-refractivity contribution is -0.198. The third-order valence-electron chi connectivity index (χ3n) is 2.37. The molecule has 3 amide bonds. The minimum Gasteiger partial charge on any atom is -0.444 e. The molecule has 1 fully saturated rings. The van der Waals surface area contributed by atoms with Crippen LogP contribution in [0.4, 0.5) is 4.79 Å². The summed E-state index contributed by atoms with van der Waals surface area (Å²) >= 11 is 0. The summed E-state index contributed by atoms with van der Waals surface area (Å²) in [5.74, 6) is -1.84. The van der Waals surface area contributed by atoms with Gasteiger partial charge in [0.25, 0.3) is 11.8 Å². The van der Waals surface area contributed by atoms with Crippen LogP contribution in [0, 0.1) is 0 Å². The highest BCUT2D eigenvalue weighted by molar-refractivity contribution is 6.01. The number of rotatable bonds is 6. The van der Waals surface area contributed by atoms with E-state index in [0.717, 1.165) is 0 Å². The molecule has 0 spiro atoms. The number of ether oxygens (including phenoxy) is 2. The number of amides is 3. The van der Waals surface area contributed by atoms with Gasteiger partial charge in [0.2, 0.25) is 0 Å². The number of hydrogen-bond acceptors (Lipinski definition) is 7. The molecular formula is C13H20N2O7. The number of carbonyl (C=O) groups excluding carboxylic acids is 4. The molecule has 1 heterocycles. The number of hydrogen-bond donors (Lipinski definition) is 1. The minimum absolute atomic E-state index is 0.0369. The molecule has 0 saturated carbocycles. The lowest BCUT2D eigenvalue weighted by atomic mass is 10.2. The second-order valence-electron chi connectivity index (χ2n) is 5.53. The first-order valence-electron chi connectivity index (χ1n) is 6.80. The molecule has 9 nitrogen and oxygen atoms in total. The largest absolute Gasteiger partial charge is 0.444 e. The zero-order chi connectivity index (χ0) is 16.8. The first-order chi connectivity index (χ1) is 10.2. The van der Waals surface area contributed by atoms with Crippen LogP contribution in [0.3, 0.4) is 0 Å². The van der Waals surface area contributed by atoms with Crippen LogP contribution in [0.15, 0.2) is 0 Å². The summed E-state index contributed by atoms with van der Waals surface area (Å²) in [7, 11) is 0. The van der Waals surface area contributed by atoms with Crippen molar-refractivity contribution in [2.45, 2.75) is 45.6 Å². The molecule has 0 aromatic carbocycles. The van der Waals surface area contributed by atoms with Crippen molar-refractivity contribution >= 4 is 23.9 Å². The summed E-state index contributed by atoms with van der Waals surface area (Å²) in [6, 6.07) is 0. The van der Waals surface area contributed by atoms with E-state index >= 15 is 0 Å². The van der Waals surface area contributed by atoms with E-state index in [1.165, 1.54) is 0 Å². The fraction of sp³-hybridized carbons (Fsp3) is 0.692. The van der Waals surface area contributed by atoms with Crippen LogP contribution in [-0.4, -0.2) is 47.9 Å². The quantitative estimate of drug-likeness (QED) is 0.431. The second kappa shape index (κ2) is 7.74. The standard InChI is InChI=1S/C13H20N2O7/c1-13(2,3)21-12(19)14-8-20-7-6-11(18)22-15-9(16)4-5-10(15)17/h4-8H2,1-3H3,(H,14,19). The maximum atomic E-state index is 11.4. The Balaban J connectivity index is 2.12. The molecule has 0 radical (unpaired) electrons. The molecule has 0 bridgehead atoms. The predicted molar refractivity (Wildman–Crippen MR) is 72.0 cm³/mol. The van der Waals surface area contributed by atoms with Gasteiger partial charge in [0.05, 0.1) is 13.0 Å². The number of nitrogens with zero attached hydrogens (tertiary/aromatic N) is 1. The van der Waals surface area contributed by atoms with Crippen molar-refractivity contribution in [3.63, 3.8) is 0 Å². The summed E-state index contributed by atoms with van der Waals surface area (Å²) in [5.41, 5.74) is -0.608. The van der Waals surface area contributed by atoms with E-state index in [2.05, 4.69) is 10.2 Å². The van der Waals surface area contributed by atoms with Gasteiger partial charge in [-0.3, -0.25) is 14.9 Å². The van der Waals surface area contributed by atoms with Crippen molar-refractivity contribution < 1.29 is 33.5 Å². The lowest BCUT2D eigenvalue weighted by Gasteiger charge is -2.19. The van der Waals surface area contributed by atoms with Crippen LogP contribution >= 0.6 is 0 Å².